The number of amides is 2. The Balaban J connectivity index is 1.29. The molecule has 148 valence electrons. The van der Waals surface area contributed by atoms with Crippen molar-refractivity contribution in [3.8, 4) is 0 Å². The topological polar surface area (TPSA) is 78.4 Å². The largest absolute Gasteiger partial charge is 0.353 e. The van der Waals surface area contributed by atoms with Gasteiger partial charge < -0.3 is 10.2 Å². The lowest BCUT2D eigenvalue weighted by Gasteiger charge is -2.34. The highest BCUT2D eigenvalue weighted by Gasteiger charge is 2.31. The van der Waals surface area contributed by atoms with E-state index in [-0.39, 0.29) is 17.7 Å². The summed E-state index contributed by atoms with van der Waals surface area (Å²) in [4.78, 5) is 28.5. The molecule has 1 saturated carbocycles. The number of hydrogen-bond donors (Lipinski definition) is 1. The molecule has 0 radical (unpaired) electrons. The lowest BCUT2D eigenvalue weighted by molar-refractivity contribution is -0.127. The Hall–Kier alpha value is -1.70. The first kappa shape index (κ1) is 18.7. The summed E-state index contributed by atoms with van der Waals surface area (Å²) in [7, 11) is 0. The molecule has 2 amide bonds. The number of piperidine rings is 1. The maximum atomic E-state index is 12.7. The van der Waals surface area contributed by atoms with E-state index < -0.39 is 0 Å². The average molecular weight is 392 g/mol. The third-order valence-corrected chi connectivity index (χ3v) is 7.29. The van der Waals surface area contributed by atoms with Gasteiger partial charge in [0.1, 0.15) is 0 Å². The minimum atomic E-state index is 0.0999. The molecule has 2 atom stereocenters. The van der Waals surface area contributed by atoms with Gasteiger partial charge in [0.2, 0.25) is 22.1 Å². The van der Waals surface area contributed by atoms with Gasteiger partial charge in [-0.2, -0.15) is 0 Å². The summed E-state index contributed by atoms with van der Waals surface area (Å²) in [6.45, 7) is 4.64. The fraction of sp³-hybridized carbons (Fsp3) is 0.789. The van der Waals surface area contributed by atoms with Gasteiger partial charge in [-0.3, -0.25) is 14.5 Å². The van der Waals surface area contributed by atoms with Crippen LogP contribution in [0.15, 0.2) is 0 Å². The number of nitrogens with zero attached hydrogens (tertiary/aromatic N) is 4. The van der Waals surface area contributed by atoms with E-state index in [1.54, 1.807) is 4.90 Å². The van der Waals surface area contributed by atoms with Crippen LogP contribution >= 0.6 is 11.3 Å². The monoisotopic (exact) mass is 391 g/mol. The van der Waals surface area contributed by atoms with E-state index >= 15 is 0 Å². The van der Waals surface area contributed by atoms with Crippen molar-refractivity contribution in [3.63, 3.8) is 0 Å². The molecule has 4 rings (SSSR count). The summed E-state index contributed by atoms with van der Waals surface area (Å²) in [5.74, 6) is 1.07. The summed E-state index contributed by atoms with van der Waals surface area (Å²) in [6.07, 6.45) is 8.07. The standard InChI is InChI=1S/C19H29N5O2S/c1-13-5-2-3-6-15(13)20-17(26)14-8-11-23(12-9-14)18-21-22-19(27-18)24-10-4-7-16(24)25/h13-15H,2-12H2,1H3,(H,20,26)/t13-,15-/m0/s1. The van der Waals surface area contributed by atoms with Crippen molar-refractivity contribution in [2.45, 2.75) is 64.3 Å². The molecule has 7 nitrogen and oxygen atoms in total. The minimum absolute atomic E-state index is 0.0999. The van der Waals surface area contributed by atoms with E-state index in [0.29, 0.717) is 23.5 Å². The first-order chi connectivity index (χ1) is 13.1. The van der Waals surface area contributed by atoms with E-state index in [4.69, 9.17) is 0 Å². The van der Waals surface area contributed by atoms with Crippen LogP contribution in [0.4, 0.5) is 10.3 Å². The van der Waals surface area contributed by atoms with E-state index in [0.717, 1.165) is 50.4 Å². The SMILES string of the molecule is C[C@H]1CCCC[C@@H]1NC(=O)C1CCN(c2nnc(N3CCCC3=O)s2)CC1. The second kappa shape index (κ2) is 8.12. The van der Waals surface area contributed by atoms with Crippen molar-refractivity contribution in [1.82, 2.24) is 15.5 Å². The average Bonchev–Trinajstić information content (AvgIpc) is 3.32. The van der Waals surface area contributed by atoms with E-state index in [1.165, 1.54) is 30.6 Å². The predicted octanol–water partition coefficient (Wildman–Crippen LogP) is 2.58. The molecule has 0 spiro atoms. The molecule has 1 aliphatic carbocycles. The van der Waals surface area contributed by atoms with Gasteiger partial charge in [0.05, 0.1) is 0 Å². The molecule has 3 heterocycles. The summed E-state index contributed by atoms with van der Waals surface area (Å²) >= 11 is 1.49. The van der Waals surface area contributed by atoms with Crippen LogP contribution in [0.3, 0.4) is 0 Å². The van der Waals surface area contributed by atoms with Gasteiger partial charge in [-0.15, -0.1) is 10.2 Å². The molecule has 1 aromatic rings. The first-order valence-electron chi connectivity index (χ1n) is 10.3. The summed E-state index contributed by atoms with van der Waals surface area (Å²) in [5.41, 5.74) is 0. The van der Waals surface area contributed by atoms with Crippen molar-refractivity contribution in [2.75, 3.05) is 29.4 Å². The zero-order chi connectivity index (χ0) is 18.8. The van der Waals surface area contributed by atoms with Gasteiger partial charge in [-0.1, -0.05) is 31.1 Å². The van der Waals surface area contributed by atoms with Crippen molar-refractivity contribution < 1.29 is 9.59 Å². The molecule has 3 aliphatic rings. The number of carbonyl (C=O) groups is 2. The Kier molecular flexibility index (Phi) is 5.61. The molecular formula is C19H29N5O2S. The second-order valence-electron chi connectivity index (χ2n) is 8.15. The van der Waals surface area contributed by atoms with Crippen molar-refractivity contribution in [2.24, 2.45) is 11.8 Å². The number of nitrogens with one attached hydrogen (secondary N) is 1. The zero-order valence-corrected chi connectivity index (χ0v) is 16.8. The predicted molar refractivity (Wildman–Crippen MR) is 106 cm³/mol. The third kappa shape index (κ3) is 4.10. The van der Waals surface area contributed by atoms with Crippen LogP contribution in [0.2, 0.25) is 0 Å². The van der Waals surface area contributed by atoms with E-state index in [9.17, 15) is 9.59 Å². The molecule has 0 bridgehead atoms. The second-order valence-corrected chi connectivity index (χ2v) is 9.09. The smallest absolute Gasteiger partial charge is 0.228 e. The molecule has 8 heteroatoms. The van der Waals surface area contributed by atoms with Gasteiger partial charge in [0, 0.05) is 38.0 Å². The van der Waals surface area contributed by atoms with Crippen LogP contribution in [0.5, 0.6) is 0 Å². The summed E-state index contributed by atoms with van der Waals surface area (Å²) in [5, 5.41) is 13.4. The highest BCUT2D eigenvalue weighted by molar-refractivity contribution is 7.19. The quantitative estimate of drug-likeness (QED) is 0.853. The Morgan fingerprint density at radius 3 is 2.48 bits per heavy atom. The lowest BCUT2D eigenvalue weighted by Crippen LogP contribution is -2.46. The minimum Gasteiger partial charge on any atom is -0.353 e. The zero-order valence-electron chi connectivity index (χ0n) is 16.0. The van der Waals surface area contributed by atoms with E-state index in [2.05, 4.69) is 27.3 Å². The summed E-state index contributed by atoms with van der Waals surface area (Å²) in [6, 6.07) is 0.355. The fourth-order valence-electron chi connectivity index (χ4n) is 4.46. The van der Waals surface area contributed by atoms with Crippen LogP contribution < -0.4 is 15.1 Å². The lowest BCUT2D eigenvalue weighted by atomic mass is 9.85. The number of carbonyl (C=O) groups excluding carboxylic acids is 2. The number of anilines is 2. The molecule has 27 heavy (non-hydrogen) atoms. The Morgan fingerprint density at radius 2 is 1.78 bits per heavy atom. The van der Waals surface area contributed by atoms with Crippen molar-refractivity contribution in [3.05, 3.63) is 0 Å². The third-order valence-electron chi connectivity index (χ3n) is 6.28. The normalized spacial score (nSPS) is 27.2. The molecule has 0 unspecified atom stereocenters. The van der Waals surface area contributed by atoms with Crippen LogP contribution in [0.1, 0.15) is 58.3 Å². The molecule has 3 fully saturated rings. The van der Waals surface area contributed by atoms with Gasteiger partial charge in [0.25, 0.3) is 0 Å². The van der Waals surface area contributed by atoms with Crippen LogP contribution in [-0.2, 0) is 9.59 Å². The molecule has 1 N–H and O–H groups in total. The highest BCUT2D eigenvalue weighted by atomic mass is 32.1. The summed E-state index contributed by atoms with van der Waals surface area (Å²) < 4.78 is 0. The van der Waals surface area contributed by atoms with Gasteiger partial charge in [-0.25, -0.2) is 0 Å². The maximum Gasteiger partial charge on any atom is 0.228 e. The number of rotatable bonds is 4. The highest BCUT2D eigenvalue weighted by Crippen LogP contribution is 2.32. The Morgan fingerprint density at radius 1 is 1.04 bits per heavy atom. The van der Waals surface area contributed by atoms with Gasteiger partial charge >= 0.3 is 0 Å². The van der Waals surface area contributed by atoms with Crippen molar-refractivity contribution >= 4 is 33.4 Å². The van der Waals surface area contributed by atoms with Gasteiger partial charge in [-0.05, 0) is 38.0 Å². The van der Waals surface area contributed by atoms with Crippen molar-refractivity contribution in [1.29, 1.82) is 0 Å². The van der Waals surface area contributed by atoms with Crippen LogP contribution in [-0.4, -0.2) is 47.7 Å². The Bertz CT molecular complexity index is 685. The first-order valence-corrected chi connectivity index (χ1v) is 11.1. The molecule has 2 aliphatic heterocycles. The number of hydrogen-bond acceptors (Lipinski definition) is 6. The molecule has 2 saturated heterocycles. The molecule has 1 aromatic heterocycles. The maximum absolute atomic E-state index is 12.7. The number of aromatic nitrogens is 2. The molecular weight excluding hydrogens is 362 g/mol. The van der Waals surface area contributed by atoms with Gasteiger partial charge in [0.15, 0.2) is 0 Å². The van der Waals surface area contributed by atoms with Crippen LogP contribution in [0.25, 0.3) is 0 Å². The van der Waals surface area contributed by atoms with E-state index in [1.807, 2.05) is 0 Å². The Labute approximate surface area is 164 Å². The van der Waals surface area contributed by atoms with Crippen LogP contribution in [0, 0.1) is 11.8 Å². The fourth-order valence-corrected chi connectivity index (χ4v) is 5.40. The molecule has 0 aromatic carbocycles.